The number of quaternary nitrogens is 1. The molecular formula is C26H58ClNOSi. The minimum absolute atomic E-state index is 0. The van der Waals surface area contributed by atoms with Crippen LogP contribution in [0.3, 0.4) is 0 Å². The first-order valence-corrected chi connectivity index (χ1v) is 15.9. The third-order valence-corrected chi connectivity index (χ3v) is 8.57. The summed E-state index contributed by atoms with van der Waals surface area (Å²) in [5, 5.41) is 0. The lowest BCUT2D eigenvalue weighted by Gasteiger charge is -2.30. The second-order valence-electron chi connectivity index (χ2n) is 10.1. The predicted molar refractivity (Wildman–Crippen MR) is 135 cm³/mol. The number of hydrogen-bond donors (Lipinski definition) is 0. The summed E-state index contributed by atoms with van der Waals surface area (Å²) in [6, 6.07) is 1.34. The first kappa shape index (κ1) is 32.6. The quantitative estimate of drug-likeness (QED) is 0.116. The molecule has 184 valence electrons. The zero-order valence-electron chi connectivity index (χ0n) is 21.7. The highest BCUT2D eigenvalue weighted by Crippen LogP contribution is 2.14. The molecular weight excluding hydrogens is 406 g/mol. The van der Waals surface area contributed by atoms with Crippen LogP contribution < -0.4 is 12.4 Å². The molecule has 2 nitrogen and oxygen atoms in total. The summed E-state index contributed by atoms with van der Waals surface area (Å²) in [7, 11) is 3.96. The molecule has 0 aliphatic carbocycles. The van der Waals surface area contributed by atoms with Crippen molar-refractivity contribution in [3.05, 3.63) is 0 Å². The molecule has 4 heteroatoms. The van der Waals surface area contributed by atoms with Crippen LogP contribution >= 0.6 is 0 Å². The van der Waals surface area contributed by atoms with E-state index in [4.69, 9.17) is 4.43 Å². The van der Waals surface area contributed by atoms with E-state index in [1.165, 1.54) is 133 Å². The minimum atomic E-state index is -0.869. The Labute approximate surface area is 199 Å². The van der Waals surface area contributed by atoms with E-state index in [0.29, 0.717) is 0 Å². The van der Waals surface area contributed by atoms with Crippen LogP contribution in [0, 0.1) is 0 Å². The Morgan fingerprint density at radius 3 is 1.33 bits per heavy atom. The molecule has 0 N–H and O–H groups in total. The molecule has 0 radical (unpaired) electrons. The molecule has 30 heavy (non-hydrogen) atoms. The molecule has 0 fully saturated rings. The van der Waals surface area contributed by atoms with Gasteiger partial charge in [-0.25, -0.2) is 0 Å². The van der Waals surface area contributed by atoms with Crippen LogP contribution in [0.5, 0.6) is 0 Å². The molecule has 1 unspecified atom stereocenters. The average molecular weight is 464 g/mol. The fourth-order valence-corrected chi connectivity index (χ4v) is 5.87. The van der Waals surface area contributed by atoms with E-state index >= 15 is 0 Å². The maximum absolute atomic E-state index is 5.78. The second kappa shape index (κ2) is 24.1. The lowest BCUT2D eigenvalue weighted by atomic mass is 10.0. The molecule has 0 aromatic carbocycles. The molecule has 0 rings (SSSR count). The van der Waals surface area contributed by atoms with Crippen molar-refractivity contribution >= 4 is 9.04 Å². The van der Waals surface area contributed by atoms with Gasteiger partial charge in [-0.15, -0.1) is 0 Å². The molecule has 0 amide bonds. The smallest absolute Gasteiger partial charge is 0.174 e. The molecule has 0 aromatic heterocycles. The predicted octanol–water partition coefficient (Wildman–Crippen LogP) is 5.11. The van der Waals surface area contributed by atoms with Crippen molar-refractivity contribution in [2.24, 2.45) is 0 Å². The molecule has 0 spiro atoms. The zero-order valence-corrected chi connectivity index (χ0v) is 23.6. The number of rotatable bonds is 23. The molecule has 0 bridgehead atoms. The van der Waals surface area contributed by atoms with Gasteiger partial charge in [-0.3, -0.25) is 0 Å². The zero-order chi connectivity index (χ0) is 21.6. The molecule has 0 aliphatic heterocycles. The van der Waals surface area contributed by atoms with E-state index in [-0.39, 0.29) is 12.4 Å². The molecule has 0 heterocycles. The van der Waals surface area contributed by atoms with E-state index in [9.17, 15) is 0 Å². The van der Waals surface area contributed by atoms with Gasteiger partial charge >= 0.3 is 0 Å². The topological polar surface area (TPSA) is 9.23 Å². The van der Waals surface area contributed by atoms with Crippen LogP contribution in [0.2, 0.25) is 12.6 Å². The van der Waals surface area contributed by atoms with Gasteiger partial charge in [0, 0.05) is 6.61 Å². The van der Waals surface area contributed by atoms with Crippen LogP contribution in [0.15, 0.2) is 0 Å². The summed E-state index contributed by atoms with van der Waals surface area (Å²) in [4.78, 5) is 0. The van der Waals surface area contributed by atoms with Crippen LogP contribution in [0.1, 0.15) is 123 Å². The normalized spacial score (nSPS) is 12.7. The molecule has 0 aliphatic rings. The number of halogens is 1. The molecule has 1 atom stereocenters. The van der Waals surface area contributed by atoms with Crippen LogP contribution in [0.4, 0.5) is 0 Å². The van der Waals surface area contributed by atoms with Crippen LogP contribution in [0.25, 0.3) is 0 Å². The Morgan fingerprint density at radius 1 is 0.567 bits per heavy atom. The highest BCUT2D eigenvalue weighted by molar-refractivity contribution is 6.50. The van der Waals surface area contributed by atoms with Crippen molar-refractivity contribution < 1.29 is 21.3 Å². The SMILES string of the molecule is CCCCCCCCCCCCCCCCCC[N+](C)(C)CCC[SiH](C)OCC.[Cl-]. The maximum Gasteiger partial charge on any atom is 0.174 e. The van der Waals surface area contributed by atoms with E-state index in [0.717, 1.165) is 6.61 Å². The van der Waals surface area contributed by atoms with Crippen LogP contribution in [-0.4, -0.2) is 47.3 Å². The van der Waals surface area contributed by atoms with Gasteiger partial charge in [0.05, 0.1) is 27.2 Å². The number of nitrogens with zero attached hydrogens (tertiary/aromatic N) is 1. The minimum Gasteiger partial charge on any atom is -1.00 e. The lowest BCUT2D eigenvalue weighted by molar-refractivity contribution is -0.890. The van der Waals surface area contributed by atoms with E-state index < -0.39 is 9.04 Å². The average Bonchev–Trinajstić information content (AvgIpc) is 2.67. The molecule has 0 aromatic rings. The van der Waals surface area contributed by atoms with E-state index in [2.05, 4.69) is 34.5 Å². The third-order valence-electron chi connectivity index (χ3n) is 6.44. The number of unbranched alkanes of at least 4 members (excludes halogenated alkanes) is 15. The summed E-state index contributed by atoms with van der Waals surface area (Å²) in [6.07, 6.45) is 24.6. The summed E-state index contributed by atoms with van der Waals surface area (Å²) >= 11 is 0. The van der Waals surface area contributed by atoms with Gasteiger partial charge in [0.1, 0.15) is 0 Å². The van der Waals surface area contributed by atoms with Gasteiger partial charge in [0.15, 0.2) is 9.04 Å². The van der Waals surface area contributed by atoms with E-state index in [1.54, 1.807) is 0 Å². The Bertz CT molecular complexity index is 328. The van der Waals surface area contributed by atoms with Gasteiger partial charge in [0.2, 0.25) is 0 Å². The fourth-order valence-electron chi connectivity index (χ4n) is 4.37. The monoisotopic (exact) mass is 463 g/mol. The van der Waals surface area contributed by atoms with Crippen molar-refractivity contribution in [3.63, 3.8) is 0 Å². The Balaban J connectivity index is 0. The van der Waals surface area contributed by atoms with Crippen molar-refractivity contribution in [3.8, 4) is 0 Å². The summed E-state index contributed by atoms with van der Waals surface area (Å²) in [6.45, 7) is 10.4. The Morgan fingerprint density at radius 2 is 0.933 bits per heavy atom. The standard InChI is InChI=1S/C26H58NOSi.ClH/c1-6-8-9-10-11-12-13-14-15-16-17-18-19-20-21-22-24-27(3,4)25-23-26-29(5)28-7-2;/h29H,6-26H2,1-5H3;1H/q+1;/p-1. The third kappa shape index (κ3) is 24.7. The van der Waals surface area contributed by atoms with Gasteiger partial charge in [0.25, 0.3) is 0 Å². The first-order chi connectivity index (χ1) is 14.0. The van der Waals surface area contributed by atoms with Crippen molar-refractivity contribution in [1.82, 2.24) is 0 Å². The Hall–Kier alpha value is 0.427. The van der Waals surface area contributed by atoms with Gasteiger partial charge in [-0.05, 0) is 38.8 Å². The first-order valence-electron chi connectivity index (χ1n) is 13.5. The molecule has 0 saturated carbocycles. The van der Waals surface area contributed by atoms with Crippen molar-refractivity contribution in [2.75, 3.05) is 33.8 Å². The highest BCUT2D eigenvalue weighted by atomic mass is 35.5. The summed E-state index contributed by atoms with van der Waals surface area (Å²) in [5.74, 6) is 0. The Kier molecular flexibility index (Phi) is 26.2. The van der Waals surface area contributed by atoms with E-state index in [1.807, 2.05) is 0 Å². The van der Waals surface area contributed by atoms with Crippen LogP contribution in [-0.2, 0) is 4.43 Å². The fraction of sp³-hybridized carbons (Fsp3) is 1.00. The van der Waals surface area contributed by atoms with Crippen molar-refractivity contribution in [1.29, 1.82) is 0 Å². The summed E-state index contributed by atoms with van der Waals surface area (Å²) in [5.41, 5.74) is 0. The largest absolute Gasteiger partial charge is 1.00 e. The lowest BCUT2D eigenvalue weighted by Crippen LogP contribution is -3.00. The highest BCUT2D eigenvalue weighted by Gasteiger charge is 2.15. The van der Waals surface area contributed by atoms with Gasteiger partial charge in [-0.2, -0.15) is 0 Å². The van der Waals surface area contributed by atoms with Crippen molar-refractivity contribution in [2.45, 2.75) is 136 Å². The molecule has 0 saturated heterocycles. The number of hydrogen-bond acceptors (Lipinski definition) is 1. The second-order valence-corrected chi connectivity index (χ2v) is 12.6. The maximum atomic E-state index is 5.78. The summed E-state index contributed by atoms with van der Waals surface area (Å²) < 4.78 is 6.98. The van der Waals surface area contributed by atoms with Gasteiger partial charge in [-0.1, -0.05) is 96.8 Å². The van der Waals surface area contributed by atoms with Gasteiger partial charge < -0.3 is 21.3 Å².